The first-order chi connectivity index (χ1) is 7.75. The molecule has 1 nitrogen and oxygen atoms in total. The lowest BCUT2D eigenvalue weighted by Gasteiger charge is -2.42. The Labute approximate surface area is 101 Å². The molecule has 1 unspecified atom stereocenters. The highest BCUT2D eigenvalue weighted by Gasteiger charge is 2.77. The molecule has 7 heteroatoms. The van der Waals surface area contributed by atoms with Gasteiger partial charge in [0.25, 0.3) is 0 Å². The Kier molecular flexibility index (Phi) is 3.29. The van der Waals surface area contributed by atoms with Crippen LogP contribution in [-0.2, 0) is 4.79 Å². The molecule has 1 saturated carbocycles. The van der Waals surface area contributed by atoms with Gasteiger partial charge in [-0.15, -0.1) is 0 Å². The van der Waals surface area contributed by atoms with Gasteiger partial charge in [-0.05, 0) is 6.42 Å². The molecule has 0 heterocycles. The van der Waals surface area contributed by atoms with Crippen molar-refractivity contribution in [3.05, 3.63) is 0 Å². The van der Waals surface area contributed by atoms with E-state index in [2.05, 4.69) is 0 Å². The molecule has 0 radical (unpaired) electrons. The molecular formula is C11H14F6O. The largest absolute Gasteiger partial charge is 0.372 e. The number of alkyl halides is 6. The van der Waals surface area contributed by atoms with Crippen LogP contribution in [0.3, 0.4) is 0 Å². The van der Waals surface area contributed by atoms with Crippen LogP contribution in [0.5, 0.6) is 0 Å². The van der Waals surface area contributed by atoms with Gasteiger partial charge < -0.3 is 0 Å². The first kappa shape index (κ1) is 15.3. The van der Waals surface area contributed by atoms with Gasteiger partial charge in [0.1, 0.15) is 5.78 Å². The molecule has 1 atom stereocenters. The minimum atomic E-state index is -5.50. The van der Waals surface area contributed by atoms with Crippen LogP contribution in [0.4, 0.5) is 26.3 Å². The summed E-state index contributed by atoms with van der Waals surface area (Å²) in [4.78, 5) is 11.7. The maximum atomic E-state index is 13.5. The molecule has 0 aromatic heterocycles. The molecular weight excluding hydrogens is 262 g/mol. The molecule has 0 saturated heterocycles. The average molecular weight is 276 g/mol. The zero-order valence-electron chi connectivity index (χ0n) is 10.2. The standard InChI is InChI=1S/C11H14F6O/c1-8(2,3)7(18)6-4-5-9(12,13)11(16,17)10(6,14)15/h6H,4-5H2,1-3H3. The van der Waals surface area contributed by atoms with E-state index in [0.29, 0.717) is 0 Å². The molecule has 1 aliphatic rings. The van der Waals surface area contributed by atoms with Gasteiger partial charge in [0.15, 0.2) is 0 Å². The highest BCUT2D eigenvalue weighted by atomic mass is 19.3. The van der Waals surface area contributed by atoms with E-state index in [9.17, 15) is 31.1 Å². The molecule has 0 amide bonds. The van der Waals surface area contributed by atoms with E-state index in [1.807, 2.05) is 0 Å². The lowest BCUT2D eigenvalue weighted by molar-refractivity contribution is -0.341. The van der Waals surface area contributed by atoms with Crippen molar-refractivity contribution in [3.8, 4) is 0 Å². The fourth-order valence-corrected chi connectivity index (χ4v) is 1.94. The quantitative estimate of drug-likeness (QED) is 0.663. The highest BCUT2D eigenvalue weighted by molar-refractivity contribution is 5.87. The van der Waals surface area contributed by atoms with Crippen LogP contribution in [0.2, 0.25) is 0 Å². The molecule has 1 rings (SSSR count). The number of rotatable bonds is 1. The number of halogens is 6. The summed E-state index contributed by atoms with van der Waals surface area (Å²) in [6.45, 7) is 3.86. The van der Waals surface area contributed by atoms with Crippen molar-refractivity contribution in [2.75, 3.05) is 0 Å². The summed E-state index contributed by atoms with van der Waals surface area (Å²) < 4.78 is 78.9. The molecule has 0 spiro atoms. The van der Waals surface area contributed by atoms with Crippen molar-refractivity contribution < 1.29 is 31.1 Å². The second-order valence-corrected chi connectivity index (χ2v) is 5.61. The molecule has 0 N–H and O–H groups in total. The minimum Gasteiger partial charge on any atom is -0.299 e. The number of Topliss-reactive ketones (excluding diaryl/α,β-unsaturated/α-hetero) is 1. The lowest BCUT2D eigenvalue weighted by Crippen LogP contribution is -2.63. The third-order valence-corrected chi connectivity index (χ3v) is 3.12. The molecule has 1 fully saturated rings. The second kappa shape index (κ2) is 3.87. The first-order valence-corrected chi connectivity index (χ1v) is 5.43. The topological polar surface area (TPSA) is 17.1 Å². The minimum absolute atomic E-state index is 0.939. The van der Waals surface area contributed by atoms with Gasteiger partial charge in [-0.2, -0.15) is 26.3 Å². The Balaban J connectivity index is 3.18. The van der Waals surface area contributed by atoms with Crippen molar-refractivity contribution in [1.82, 2.24) is 0 Å². The van der Waals surface area contributed by atoms with Gasteiger partial charge in [-0.3, -0.25) is 4.79 Å². The zero-order chi connectivity index (χ0) is 14.6. The second-order valence-electron chi connectivity index (χ2n) is 5.61. The predicted molar refractivity (Wildman–Crippen MR) is 52.0 cm³/mol. The van der Waals surface area contributed by atoms with Gasteiger partial charge in [0.2, 0.25) is 0 Å². The summed E-state index contributed by atoms with van der Waals surface area (Å²) in [6.07, 6.45) is -2.35. The summed E-state index contributed by atoms with van der Waals surface area (Å²) in [7, 11) is 0. The van der Waals surface area contributed by atoms with Crippen LogP contribution in [0.1, 0.15) is 33.6 Å². The average Bonchev–Trinajstić information content (AvgIpc) is 2.13. The van der Waals surface area contributed by atoms with Crippen LogP contribution in [0.15, 0.2) is 0 Å². The Bertz CT molecular complexity index is 355. The van der Waals surface area contributed by atoms with E-state index in [-0.39, 0.29) is 0 Å². The van der Waals surface area contributed by atoms with Gasteiger partial charge in [0.05, 0.1) is 5.92 Å². The maximum Gasteiger partial charge on any atom is 0.372 e. The van der Waals surface area contributed by atoms with Crippen molar-refractivity contribution in [2.24, 2.45) is 11.3 Å². The van der Waals surface area contributed by atoms with E-state index in [4.69, 9.17) is 0 Å². The summed E-state index contributed by atoms with van der Waals surface area (Å²) in [5, 5.41) is 0. The number of ketones is 1. The molecule has 18 heavy (non-hydrogen) atoms. The first-order valence-electron chi connectivity index (χ1n) is 5.43. The molecule has 106 valence electrons. The van der Waals surface area contributed by atoms with Crippen molar-refractivity contribution in [3.63, 3.8) is 0 Å². The number of carbonyl (C=O) groups is 1. The van der Waals surface area contributed by atoms with Gasteiger partial charge >= 0.3 is 17.8 Å². The Morgan fingerprint density at radius 1 is 1.06 bits per heavy atom. The van der Waals surface area contributed by atoms with Gasteiger partial charge in [-0.25, -0.2) is 0 Å². The van der Waals surface area contributed by atoms with Crippen molar-refractivity contribution in [2.45, 2.75) is 51.4 Å². The van der Waals surface area contributed by atoms with Crippen LogP contribution in [-0.4, -0.2) is 23.6 Å². The fourth-order valence-electron chi connectivity index (χ4n) is 1.94. The monoisotopic (exact) mass is 276 g/mol. The van der Waals surface area contributed by atoms with Crippen molar-refractivity contribution in [1.29, 1.82) is 0 Å². The SMILES string of the molecule is CC(C)(C)C(=O)C1CCC(F)(F)C(F)(F)C1(F)F. The normalized spacial score (nSPS) is 29.9. The molecule has 0 aromatic rings. The summed E-state index contributed by atoms with van der Waals surface area (Å²) in [6, 6.07) is 0. The Morgan fingerprint density at radius 3 is 1.89 bits per heavy atom. The summed E-state index contributed by atoms with van der Waals surface area (Å²) in [5.74, 6) is -18.8. The van der Waals surface area contributed by atoms with E-state index >= 15 is 0 Å². The number of carbonyl (C=O) groups excluding carboxylic acids is 1. The van der Waals surface area contributed by atoms with E-state index in [1.54, 1.807) is 0 Å². The molecule has 0 bridgehead atoms. The lowest BCUT2D eigenvalue weighted by atomic mass is 9.72. The number of hydrogen-bond acceptors (Lipinski definition) is 1. The van der Waals surface area contributed by atoms with E-state index in [1.165, 1.54) is 20.8 Å². The molecule has 0 aromatic carbocycles. The predicted octanol–water partition coefficient (Wildman–Crippen LogP) is 3.92. The summed E-state index contributed by atoms with van der Waals surface area (Å²) in [5.41, 5.74) is -1.28. The molecule has 0 aliphatic heterocycles. The van der Waals surface area contributed by atoms with E-state index < -0.39 is 47.7 Å². The van der Waals surface area contributed by atoms with Crippen LogP contribution in [0, 0.1) is 11.3 Å². The smallest absolute Gasteiger partial charge is 0.299 e. The van der Waals surface area contributed by atoms with Gasteiger partial charge in [-0.1, -0.05) is 20.8 Å². The van der Waals surface area contributed by atoms with Crippen LogP contribution >= 0.6 is 0 Å². The highest BCUT2D eigenvalue weighted by Crippen LogP contribution is 2.57. The fraction of sp³-hybridized carbons (Fsp3) is 0.909. The maximum absolute atomic E-state index is 13.5. The van der Waals surface area contributed by atoms with E-state index in [0.717, 1.165) is 0 Å². The summed E-state index contributed by atoms with van der Waals surface area (Å²) >= 11 is 0. The zero-order valence-corrected chi connectivity index (χ0v) is 10.2. The van der Waals surface area contributed by atoms with Crippen molar-refractivity contribution >= 4 is 5.78 Å². The van der Waals surface area contributed by atoms with Gasteiger partial charge in [0, 0.05) is 11.8 Å². The third-order valence-electron chi connectivity index (χ3n) is 3.12. The van der Waals surface area contributed by atoms with Crippen LogP contribution in [0.25, 0.3) is 0 Å². The van der Waals surface area contributed by atoms with Crippen LogP contribution < -0.4 is 0 Å². The Morgan fingerprint density at radius 2 is 1.50 bits per heavy atom. The molecule has 1 aliphatic carbocycles. The Hall–Kier alpha value is -0.750. The number of hydrogen-bond donors (Lipinski definition) is 0. The third kappa shape index (κ3) is 2.01.